The molecule has 0 saturated heterocycles. The van der Waals surface area contributed by atoms with E-state index in [2.05, 4.69) is 15.2 Å². The number of nitrogens with zero attached hydrogens (tertiary/aromatic N) is 2. The number of benzene rings is 1. The third kappa shape index (κ3) is 6.70. The maximum absolute atomic E-state index is 11.5. The van der Waals surface area contributed by atoms with Crippen molar-refractivity contribution in [1.29, 1.82) is 0 Å². The Morgan fingerprint density at radius 2 is 2.12 bits per heavy atom. The van der Waals surface area contributed by atoms with Gasteiger partial charge in [0.1, 0.15) is 11.1 Å². The molecule has 1 unspecified atom stereocenters. The van der Waals surface area contributed by atoms with E-state index in [0.29, 0.717) is 41.5 Å². The molecule has 2 aromatic rings. The second kappa shape index (κ2) is 13.3. The van der Waals surface area contributed by atoms with Gasteiger partial charge in [0.15, 0.2) is 0 Å². The van der Waals surface area contributed by atoms with Crippen LogP contribution in [-0.4, -0.2) is 23.9 Å². The van der Waals surface area contributed by atoms with Gasteiger partial charge in [0.05, 0.1) is 18.0 Å². The van der Waals surface area contributed by atoms with Crippen molar-refractivity contribution in [3.63, 3.8) is 0 Å². The molecule has 0 bridgehead atoms. The molecule has 0 spiro atoms. The Hall–Kier alpha value is -0.634. The van der Waals surface area contributed by atoms with E-state index < -0.39 is 11.9 Å². The average molecular weight is 522 g/mol. The van der Waals surface area contributed by atoms with Crippen molar-refractivity contribution in [2.45, 2.75) is 25.7 Å². The van der Waals surface area contributed by atoms with E-state index in [-0.39, 0.29) is 51.4 Å². The molecule has 3 rings (SSSR count). The number of anilines is 1. The molecule has 12 heteroatoms. The zero-order valence-electron chi connectivity index (χ0n) is 17.7. The number of carboxylic acid groups (broad SMARTS) is 1. The molecular formula is C20H21ClKN3O5S2. The van der Waals surface area contributed by atoms with E-state index in [9.17, 15) is 14.8 Å². The quantitative estimate of drug-likeness (QED) is 0.162. The van der Waals surface area contributed by atoms with Crippen LogP contribution in [0.15, 0.2) is 34.6 Å². The number of methoxy groups -OCH3 is 1. The van der Waals surface area contributed by atoms with Crippen LogP contribution in [-0.2, 0) is 22.6 Å². The summed E-state index contributed by atoms with van der Waals surface area (Å²) in [7, 11) is 1.60. The summed E-state index contributed by atoms with van der Waals surface area (Å²) >= 11 is 9.24. The molecule has 166 valence electrons. The standard InChI is InChI=1S/C20H21ClN3O5S2.K/c1-28-13-5-2-11(3-6-13)17(15(21)8-9-30-24-29-23-27)18-14-7-4-12(20(25)26)10-16(14)31-19(18)22;/h2-3,5-6,12H,4,7-10,22H2,1H3,(H,25,26);/q-1;+1/b17-15+;. The number of halogens is 1. The van der Waals surface area contributed by atoms with E-state index in [1.165, 1.54) is 11.3 Å². The predicted molar refractivity (Wildman–Crippen MR) is 124 cm³/mol. The minimum atomic E-state index is -0.782. The van der Waals surface area contributed by atoms with Gasteiger partial charge in [-0.15, -0.1) is 16.2 Å². The number of ether oxygens (including phenoxy) is 1. The summed E-state index contributed by atoms with van der Waals surface area (Å²) in [5, 5.41) is 12.8. The Kier molecular flexibility index (Phi) is 11.5. The monoisotopic (exact) mass is 521 g/mol. The second-order valence-electron chi connectivity index (χ2n) is 6.84. The zero-order chi connectivity index (χ0) is 22.4. The summed E-state index contributed by atoms with van der Waals surface area (Å²) in [6, 6.07) is 7.53. The summed E-state index contributed by atoms with van der Waals surface area (Å²) < 4.78 is 5.26. The Balaban J connectivity index is 0.00000363. The molecule has 1 aliphatic rings. The van der Waals surface area contributed by atoms with Crippen LogP contribution in [0.2, 0.25) is 0 Å². The number of hydrogen-bond donors (Lipinski definition) is 2. The Morgan fingerprint density at radius 3 is 2.75 bits per heavy atom. The van der Waals surface area contributed by atoms with Crippen molar-refractivity contribution in [2.75, 3.05) is 18.6 Å². The molecule has 0 amide bonds. The van der Waals surface area contributed by atoms with Gasteiger partial charge in [-0.1, -0.05) is 23.7 Å². The molecule has 8 nitrogen and oxygen atoms in total. The Morgan fingerprint density at radius 1 is 1.41 bits per heavy atom. The van der Waals surface area contributed by atoms with E-state index in [1.807, 2.05) is 24.3 Å². The molecule has 1 aromatic carbocycles. The first kappa shape index (κ1) is 27.6. The SMILES string of the molecule is COc1ccc(/C(=C(\Cl)CCS[N-]ON=O)c2c(N)sc3c2CCC(C(=O)O)C3)cc1.[K+]. The molecule has 0 saturated carbocycles. The van der Waals surface area contributed by atoms with Gasteiger partial charge >= 0.3 is 57.4 Å². The van der Waals surface area contributed by atoms with Crippen LogP contribution in [0.4, 0.5) is 5.00 Å². The van der Waals surface area contributed by atoms with Crippen LogP contribution in [0.25, 0.3) is 10.5 Å². The molecule has 32 heavy (non-hydrogen) atoms. The van der Waals surface area contributed by atoms with Gasteiger partial charge in [-0.05, 0) is 54.7 Å². The predicted octanol–water partition coefficient (Wildman–Crippen LogP) is 2.56. The van der Waals surface area contributed by atoms with Crippen molar-refractivity contribution in [3.8, 4) is 5.75 Å². The molecular weight excluding hydrogens is 501 g/mol. The largest absolute Gasteiger partial charge is 1.00 e. The average Bonchev–Trinajstić information content (AvgIpc) is 3.09. The topological polar surface area (TPSA) is 125 Å². The van der Waals surface area contributed by atoms with Gasteiger partial charge in [0.2, 0.25) is 0 Å². The van der Waals surface area contributed by atoms with E-state index in [0.717, 1.165) is 44.8 Å². The molecule has 1 aromatic heterocycles. The summed E-state index contributed by atoms with van der Waals surface area (Å²) in [5.74, 6) is 0.0146. The summed E-state index contributed by atoms with van der Waals surface area (Å²) in [6.45, 7) is 0. The van der Waals surface area contributed by atoms with Crippen molar-refractivity contribution in [1.82, 2.24) is 0 Å². The first-order valence-electron chi connectivity index (χ1n) is 9.43. The molecule has 0 aliphatic heterocycles. The van der Waals surface area contributed by atoms with Crippen molar-refractivity contribution in [3.05, 3.63) is 60.7 Å². The molecule has 1 heterocycles. The van der Waals surface area contributed by atoms with Crippen LogP contribution in [0.5, 0.6) is 5.75 Å². The number of nitrogens with two attached hydrogens (primary N) is 1. The normalized spacial score (nSPS) is 15.8. The van der Waals surface area contributed by atoms with Gasteiger partial charge in [-0.3, -0.25) is 16.7 Å². The number of carbonyl (C=O) groups is 1. The Labute approximate surface area is 241 Å². The van der Waals surface area contributed by atoms with Gasteiger partial charge in [0.25, 0.3) is 0 Å². The number of aliphatic carboxylic acids is 1. The number of carboxylic acids is 1. The van der Waals surface area contributed by atoms with Crippen LogP contribution in [0.3, 0.4) is 0 Å². The number of hydrogen-bond acceptors (Lipinski definition) is 8. The number of allylic oxidation sites excluding steroid dienone is 1. The maximum atomic E-state index is 11.5. The Bertz CT molecular complexity index is 984. The fraction of sp³-hybridized carbons (Fsp3) is 0.350. The third-order valence-corrected chi connectivity index (χ3v) is 7.09. The van der Waals surface area contributed by atoms with Crippen LogP contribution >= 0.6 is 34.9 Å². The summed E-state index contributed by atoms with van der Waals surface area (Å²) in [5.41, 5.74) is 10.1. The smallest absolute Gasteiger partial charge is 0.497 e. The third-order valence-electron chi connectivity index (χ3n) is 5.07. The van der Waals surface area contributed by atoms with Gasteiger partial charge < -0.3 is 25.4 Å². The molecule has 1 aliphatic carbocycles. The van der Waals surface area contributed by atoms with Gasteiger partial charge in [-0.2, -0.15) is 0 Å². The number of thiophene rings is 1. The summed E-state index contributed by atoms with van der Waals surface area (Å²) in [4.78, 5) is 30.0. The first-order valence-corrected chi connectivity index (χ1v) is 11.6. The molecule has 0 fully saturated rings. The molecule has 1 atom stereocenters. The second-order valence-corrected chi connectivity index (χ2v) is 9.25. The number of nitrogen functional groups attached to an aromatic ring is 1. The fourth-order valence-electron chi connectivity index (χ4n) is 3.62. The van der Waals surface area contributed by atoms with Crippen LogP contribution in [0.1, 0.15) is 34.4 Å². The van der Waals surface area contributed by atoms with Crippen LogP contribution in [0, 0.1) is 10.8 Å². The fourth-order valence-corrected chi connectivity index (χ4v) is 5.68. The van der Waals surface area contributed by atoms with Crippen molar-refractivity contribution >= 4 is 51.4 Å². The van der Waals surface area contributed by atoms with E-state index >= 15 is 0 Å². The number of rotatable bonds is 10. The minimum absolute atomic E-state index is 0. The van der Waals surface area contributed by atoms with Gasteiger partial charge in [0, 0.05) is 21.0 Å². The molecule has 3 N–H and O–H groups in total. The van der Waals surface area contributed by atoms with Gasteiger partial charge in [-0.25, -0.2) is 0 Å². The first-order chi connectivity index (χ1) is 15.0. The zero-order valence-corrected chi connectivity index (χ0v) is 23.2. The molecule has 0 radical (unpaired) electrons. The maximum Gasteiger partial charge on any atom is 1.00 e. The van der Waals surface area contributed by atoms with Crippen molar-refractivity contribution < 1.29 is 71.0 Å². The van der Waals surface area contributed by atoms with Crippen LogP contribution < -0.4 is 61.9 Å². The number of fused-ring (bicyclic) bond motifs is 1. The van der Waals surface area contributed by atoms with Crippen molar-refractivity contribution in [2.24, 2.45) is 11.3 Å². The minimum Gasteiger partial charge on any atom is -0.497 e. The van der Waals surface area contributed by atoms with E-state index in [1.54, 1.807) is 7.11 Å². The summed E-state index contributed by atoms with van der Waals surface area (Å²) in [6.07, 6.45) is 2.12. The van der Waals surface area contributed by atoms with E-state index in [4.69, 9.17) is 22.1 Å².